The molecule has 1 rings (SSSR count). The topological polar surface area (TPSA) is 50.4 Å². The fourth-order valence-electron chi connectivity index (χ4n) is 1.74. The van der Waals surface area contributed by atoms with Gasteiger partial charge in [0.1, 0.15) is 0 Å². The minimum Gasteiger partial charge on any atom is -0.380 e. The fraction of sp³-hybridized carbons (Fsp3) is 0.917. The molecule has 2 atom stereocenters. The zero-order chi connectivity index (χ0) is 11.8. The summed E-state index contributed by atoms with van der Waals surface area (Å²) in [7, 11) is 0. The van der Waals surface area contributed by atoms with E-state index in [0.717, 1.165) is 39.0 Å². The lowest BCUT2D eigenvalue weighted by Gasteiger charge is -2.23. The summed E-state index contributed by atoms with van der Waals surface area (Å²) in [6.45, 7) is 6.51. The van der Waals surface area contributed by atoms with Gasteiger partial charge in [-0.25, -0.2) is 0 Å². The van der Waals surface area contributed by atoms with Gasteiger partial charge in [0.15, 0.2) is 0 Å². The highest BCUT2D eigenvalue weighted by molar-refractivity contribution is 5.76. The van der Waals surface area contributed by atoms with E-state index < -0.39 is 0 Å². The third kappa shape index (κ3) is 5.47. The maximum atomic E-state index is 11.5. The number of ether oxygens (including phenoxy) is 1. The van der Waals surface area contributed by atoms with Crippen LogP contribution in [0.25, 0.3) is 0 Å². The molecule has 0 saturated carbocycles. The minimum atomic E-state index is 0.138. The van der Waals surface area contributed by atoms with Gasteiger partial charge in [-0.2, -0.15) is 0 Å². The van der Waals surface area contributed by atoms with Crippen LogP contribution >= 0.6 is 0 Å². The molecule has 0 aromatic carbocycles. The predicted octanol–water partition coefficient (Wildman–Crippen LogP) is 1.06. The van der Waals surface area contributed by atoms with E-state index in [-0.39, 0.29) is 11.9 Å². The Morgan fingerprint density at radius 1 is 1.56 bits per heavy atom. The summed E-state index contributed by atoms with van der Waals surface area (Å²) in [4.78, 5) is 11.5. The molecule has 1 saturated heterocycles. The molecule has 0 spiro atoms. The van der Waals surface area contributed by atoms with Crippen LogP contribution in [0.4, 0.5) is 0 Å². The Morgan fingerprint density at radius 3 is 3.00 bits per heavy atom. The quantitative estimate of drug-likeness (QED) is 0.714. The summed E-state index contributed by atoms with van der Waals surface area (Å²) >= 11 is 0. The van der Waals surface area contributed by atoms with Gasteiger partial charge in [0, 0.05) is 31.7 Å². The molecule has 0 bridgehead atoms. The second-order valence-electron chi connectivity index (χ2n) is 4.50. The van der Waals surface area contributed by atoms with Crippen molar-refractivity contribution in [2.24, 2.45) is 0 Å². The van der Waals surface area contributed by atoms with E-state index in [4.69, 9.17) is 4.74 Å². The van der Waals surface area contributed by atoms with Gasteiger partial charge in [-0.1, -0.05) is 6.92 Å². The Balaban J connectivity index is 2.03. The van der Waals surface area contributed by atoms with Gasteiger partial charge in [0.05, 0.1) is 6.61 Å². The lowest BCUT2D eigenvalue weighted by Crippen LogP contribution is -2.40. The van der Waals surface area contributed by atoms with Crippen LogP contribution < -0.4 is 10.6 Å². The molecular weight excluding hydrogens is 204 g/mol. The highest BCUT2D eigenvalue weighted by atomic mass is 16.5. The van der Waals surface area contributed by atoms with E-state index >= 15 is 0 Å². The summed E-state index contributed by atoms with van der Waals surface area (Å²) in [5, 5.41) is 6.32. The molecule has 1 aliphatic rings. The van der Waals surface area contributed by atoms with Crippen LogP contribution in [0.2, 0.25) is 0 Å². The zero-order valence-corrected chi connectivity index (χ0v) is 10.4. The molecule has 1 aliphatic heterocycles. The van der Waals surface area contributed by atoms with Crippen LogP contribution in [0.15, 0.2) is 0 Å². The first kappa shape index (κ1) is 13.5. The van der Waals surface area contributed by atoms with Crippen LogP contribution in [-0.4, -0.2) is 37.7 Å². The second-order valence-corrected chi connectivity index (χ2v) is 4.50. The third-order valence-electron chi connectivity index (χ3n) is 2.97. The van der Waals surface area contributed by atoms with Crippen LogP contribution in [0, 0.1) is 0 Å². The Kier molecular flexibility index (Phi) is 6.42. The van der Waals surface area contributed by atoms with Gasteiger partial charge < -0.3 is 15.4 Å². The Labute approximate surface area is 98.1 Å². The molecule has 2 unspecified atom stereocenters. The Morgan fingerprint density at radius 2 is 2.38 bits per heavy atom. The first-order valence-electron chi connectivity index (χ1n) is 6.33. The lowest BCUT2D eigenvalue weighted by atomic mass is 10.1. The Hall–Kier alpha value is -0.610. The number of carbonyl (C=O) groups is 1. The largest absolute Gasteiger partial charge is 0.380 e. The standard InChI is InChI=1S/C12H24N2O2/c1-3-10(2)14-12(15)6-7-13-11-5-4-8-16-9-11/h10-11,13H,3-9H2,1-2H3,(H,14,15). The zero-order valence-electron chi connectivity index (χ0n) is 10.4. The first-order chi connectivity index (χ1) is 7.72. The smallest absolute Gasteiger partial charge is 0.221 e. The van der Waals surface area contributed by atoms with Crippen molar-refractivity contribution in [2.45, 2.75) is 51.6 Å². The lowest BCUT2D eigenvalue weighted by molar-refractivity contribution is -0.121. The summed E-state index contributed by atoms with van der Waals surface area (Å²) in [6.07, 6.45) is 3.82. The normalized spacial score (nSPS) is 22.8. The SMILES string of the molecule is CCC(C)NC(=O)CCNC1CCCOC1. The molecule has 1 fully saturated rings. The fourth-order valence-corrected chi connectivity index (χ4v) is 1.74. The first-order valence-corrected chi connectivity index (χ1v) is 6.33. The summed E-state index contributed by atoms with van der Waals surface area (Å²) < 4.78 is 5.36. The number of amides is 1. The van der Waals surface area contributed by atoms with Crippen molar-refractivity contribution in [1.82, 2.24) is 10.6 Å². The molecule has 0 aromatic heterocycles. The average Bonchev–Trinajstić information content (AvgIpc) is 2.30. The monoisotopic (exact) mass is 228 g/mol. The molecule has 1 amide bonds. The van der Waals surface area contributed by atoms with Gasteiger partial charge in [0.25, 0.3) is 0 Å². The van der Waals surface area contributed by atoms with Crippen LogP contribution in [-0.2, 0) is 9.53 Å². The third-order valence-corrected chi connectivity index (χ3v) is 2.97. The number of hydrogen-bond donors (Lipinski definition) is 2. The minimum absolute atomic E-state index is 0.138. The molecule has 0 aliphatic carbocycles. The van der Waals surface area contributed by atoms with Gasteiger partial charge in [-0.3, -0.25) is 4.79 Å². The van der Waals surface area contributed by atoms with Gasteiger partial charge in [-0.05, 0) is 26.2 Å². The van der Waals surface area contributed by atoms with Crippen molar-refractivity contribution >= 4 is 5.91 Å². The summed E-state index contributed by atoms with van der Waals surface area (Å²) in [5.74, 6) is 0.138. The van der Waals surface area contributed by atoms with E-state index in [9.17, 15) is 4.79 Å². The molecule has 16 heavy (non-hydrogen) atoms. The van der Waals surface area contributed by atoms with Gasteiger partial charge in [0.2, 0.25) is 5.91 Å². The van der Waals surface area contributed by atoms with Crippen molar-refractivity contribution in [3.05, 3.63) is 0 Å². The highest BCUT2D eigenvalue weighted by Gasteiger charge is 2.13. The number of rotatable bonds is 6. The number of nitrogens with one attached hydrogen (secondary N) is 2. The maximum Gasteiger partial charge on any atom is 0.221 e. The number of carbonyl (C=O) groups excluding carboxylic acids is 1. The molecule has 0 radical (unpaired) electrons. The van der Waals surface area contributed by atoms with Crippen LogP contribution in [0.3, 0.4) is 0 Å². The summed E-state index contributed by atoms with van der Waals surface area (Å²) in [6, 6.07) is 0.718. The van der Waals surface area contributed by atoms with Crippen LogP contribution in [0.1, 0.15) is 39.5 Å². The molecule has 4 nitrogen and oxygen atoms in total. The van der Waals surface area contributed by atoms with Crippen molar-refractivity contribution in [1.29, 1.82) is 0 Å². The maximum absolute atomic E-state index is 11.5. The summed E-state index contributed by atoms with van der Waals surface area (Å²) in [5.41, 5.74) is 0. The molecule has 0 aromatic rings. The van der Waals surface area contributed by atoms with E-state index in [1.165, 1.54) is 0 Å². The van der Waals surface area contributed by atoms with E-state index in [0.29, 0.717) is 12.5 Å². The predicted molar refractivity (Wildman–Crippen MR) is 64.4 cm³/mol. The van der Waals surface area contributed by atoms with E-state index in [1.807, 2.05) is 6.92 Å². The van der Waals surface area contributed by atoms with Gasteiger partial charge >= 0.3 is 0 Å². The molecule has 4 heteroatoms. The van der Waals surface area contributed by atoms with Crippen molar-refractivity contribution in [3.63, 3.8) is 0 Å². The molecule has 1 heterocycles. The van der Waals surface area contributed by atoms with E-state index in [1.54, 1.807) is 0 Å². The average molecular weight is 228 g/mol. The molecule has 94 valence electrons. The second kappa shape index (κ2) is 7.63. The Bertz CT molecular complexity index is 203. The highest BCUT2D eigenvalue weighted by Crippen LogP contribution is 2.05. The van der Waals surface area contributed by atoms with Crippen molar-refractivity contribution in [3.8, 4) is 0 Å². The molecular formula is C12H24N2O2. The van der Waals surface area contributed by atoms with E-state index in [2.05, 4.69) is 17.6 Å². The van der Waals surface area contributed by atoms with Crippen molar-refractivity contribution < 1.29 is 9.53 Å². The molecule has 2 N–H and O–H groups in total. The van der Waals surface area contributed by atoms with Crippen molar-refractivity contribution in [2.75, 3.05) is 19.8 Å². The van der Waals surface area contributed by atoms with Crippen LogP contribution in [0.5, 0.6) is 0 Å². The number of hydrogen-bond acceptors (Lipinski definition) is 3. The van der Waals surface area contributed by atoms with Gasteiger partial charge in [-0.15, -0.1) is 0 Å².